The number of ether oxygens (including phenoxy) is 1. The molecule has 0 spiro atoms. The van der Waals surface area contributed by atoms with Crippen LogP contribution in [0.15, 0.2) is 35.1 Å². The Morgan fingerprint density at radius 2 is 2.17 bits per heavy atom. The minimum absolute atomic E-state index is 0.0486. The number of nitrogens with zero attached hydrogens (tertiary/aromatic N) is 6. The maximum absolute atomic E-state index is 12.7. The van der Waals surface area contributed by atoms with E-state index in [1.165, 1.54) is 18.5 Å². The van der Waals surface area contributed by atoms with Crippen molar-refractivity contribution in [2.24, 2.45) is 10.7 Å². The summed E-state index contributed by atoms with van der Waals surface area (Å²) in [6.07, 6.45) is 1.03. The maximum atomic E-state index is 12.7. The zero-order chi connectivity index (χ0) is 25.2. The lowest BCUT2D eigenvalue weighted by Crippen LogP contribution is -2.53. The van der Waals surface area contributed by atoms with Crippen LogP contribution in [0.2, 0.25) is 0 Å². The van der Waals surface area contributed by atoms with E-state index in [1.54, 1.807) is 11.1 Å². The van der Waals surface area contributed by atoms with Crippen LogP contribution >= 0.6 is 0 Å². The van der Waals surface area contributed by atoms with Gasteiger partial charge in [0.05, 0.1) is 12.2 Å². The molecule has 186 valence electrons. The molecule has 4 heterocycles. The molecule has 2 aliphatic heterocycles. The summed E-state index contributed by atoms with van der Waals surface area (Å²) in [5, 5.41) is 3.16. The molecule has 0 aliphatic carbocycles. The molecule has 0 fully saturated rings. The van der Waals surface area contributed by atoms with Crippen LogP contribution in [0.3, 0.4) is 0 Å². The van der Waals surface area contributed by atoms with Crippen LogP contribution in [0.4, 0.5) is 30.6 Å². The summed E-state index contributed by atoms with van der Waals surface area (Å²) < 4.78 is 40.4. The summed E-state index contributed by atoms with van der Waals surface area (Å²) in [7, 11) is 1.84. The smallest absolute Gasteiger partial charge is 0.404 e. The minimum atomic E-state index is -4.79. The lowest BCUT2D eigenvalue weighted by molar-refractivity contribution is -0.276. The number of aromatic nitrogens is 3. The lowest BCUT2D eigenvalue weighted by atomic mass is 10.0. The maximum Gasteiger partial charge on any atom is 0.574 e. The summed E-state index contributed by atoms with van der Waals surface area (Å²) in [4.78, 5) is 33.4. The Bertz CT molecular complexity index is 1150. The number of nitrogens with one attached hydrogen (secondary N) is 1. The molecular weight excluding hydrogens is 465 g/mol. The van der Waals surface area contributed by atoms with Crippen molar-refractivity contribution in [2.75, 3.05) is 35.3 Å². The lowest BCUT2D eigenvalue weighted by Gasteiger charge is -2.41. The fourth-order valence-corrected chi connectivity index (χ4v) is 3.86. The van der Waals surface area contributed by atoms with Gasteiger partial charge in [0.1, 0.15) is 11.7 Å². The van der Waals surface area contributed by atoms with Gasteiger partial charge in [-0.3, -0.25) is 9.79 Å². The third kappa shape index (κ3) is 5.44. The third-order valence-corrected chi connectivity index (χ3v) is 5.76. The predicted octanol–water partition coefficient (Wildman–Crippen LogP) is 2.41. The molecule has 13 heteroatoms. The van der Waals surface area contributed by atoms with E-state index in [4.69, 9.17) is 5.73 Å². The Hall–Kier alpha value is -3.90. The van der Waals surface area contributed by atoms with E-state index in [2.05, 4.69) is 30.0 Å². The molecule has 1 amide bonds. The van der Waals surface area contributed by atoms with E-state index in [-0.39, 0.29) is 18.5 Å². The van der Waals surface area contributed by atoms with E-state index >= 15 is 0 Å². The fourth-order valence-electron chi connectivity index (χ4n) is 3.86. The Morgan fingerprint density at radius 1 is 1.37 bits per heavy atom. The van der Waals surface area contributed by atoms with Crippen molar-refractivity contribution >= 4 is 29.6 Å². The topological polar surface area (TPSA) is 122 Å². The molecule has 2 aromatic rings. The number of carbonyl (C=O) groups is 1. The normalized spacial score (nSPS) is 18.1. The van der Waals surface area contributed by atoms with Crippen molar-refractivity contribution < 1.29 is 22.7 Å². The monoisotopic (exact) mass is 490 g/mol. The first-order valence-electron chi connectivity index (χ1n) is 11.0. The number of anilines is 3. The number of halogens is 3. The van der Waals surface area contributed by atoms with Crippen molar-refractivity contribution in [2.45, 2.75) is 38.7 Å². The molecule has 35 heavy (non-hydrogen) atoms. The number of aryl methyl sites for hydroxylation is 1. The molecule has 2 aromatic heterocycles. The van der Waals surface area contributed by atoms with Crippen LogP contribution in [0, 0.1) is 0 Å². The summed E-state index contributed by atoms with van der Waals surface area (Å²) in [5.41, 5.74) is 8.59. The second-order valence-corrected chi connectivity index (χ2v) is 8.16. The largest absolute Gasteiger partial charge is 0.574 e. The highest BCUT2D eigenvalue weighted by molar-refractivity contribution is 6.05. The van der Waals surface area contributed by atoms with Gasteiger partial charge in [-0.1, -0.05) is 6.07 Å². The number of alkyl halides is 3. The number of nitrogens with two attached hydrogens (primary N) is 1. The molecule has 1 unspecified atom stereocenters. The molecule has 1 atom stereocenters. The minimum Gasteiger partial charge on any atom is -0.404 e. The fraction of sp³-hybridized carbons (Fsp3) is 0.409. The predicted molar refractivity (Wildman–Crippen MR) is 124 cm³/mol. The summed E-state index contributed by atoms with van der Waals surface area (Å²) in [5.74, 6) is 0.647. The van der Waals surface area contributed by atoms with E-state index in [0.29, 0.717) is 36.0 Å². The van der Waals surface area contributed by atoms with Crippen LogP contribution < -0.4 is 25.6 Å². The van der Waals surface area contributed by atoms with Crippen LogP contribution in [-0.4, -0.2) is 59.6 Å². The first-order chi connectivity index (χ1) is 16.7. The van der Waals surface area contributed by atoms with Crippen LogP contribution in [0.25, 0.3) is 0 Å². The zero-order valence-electron chi connectivity index (χ0n) is 19.2. The van der Waals surface area contributed by atoms with E-state index in [0.717, 1.165) is 30.3 Å². The molecule has 0 aromatic carbocycles. The van der Waals surface area contributed by atoms with Gasteiger partial charge in [-0.25, -0.2) is 9.97 Å². The number of pyridine rings is 1. The van der Waals surface area contributed by atoms with Gasteiger partial charge in [-0.15, -0.1) is 13.2 Å². The molecular formula is C22H25F3N8O2. The highest BCUT2D eigenvalue weighted by Crippen LogP contribution is 2.39. The number of amides is 1. The number of likely N-dealkylation sites (N-methyl/N-ethyl adjacent to an activating group) is 1. The Morgan fingerprint density at radius 3 is 2.86 bits per heavy atom. The Kier molecular flexibility index (Phi) is 6.76. The molecule has 0 saturated carbocycles. The van der Waals surface area contributed by atoms with Crippen molar-refractivity contribution in [1.82, 2.24) is 15.0 Å². The highest BCUT2D eigenvalue weighted by atomic mass is 19.4. The van der Waals surface area contributed by atoms with Gasteiger partial charge in [0, 0.05) is 50.4 Å². The molecule has 10 nitrogen and oxygen atoms in total. The van der Waals surface area contributed by atoms with Crippen LogP contribution in [0.5, 0.6) is 5.88 Å². The number of rotatable bonds is 7. The quantitative estimate of drug-likeness (QED) is 0.568. The average Bonchev–Trinajstić information content (AvgIpc) is 2.83. The average molecular weight is 490 g/mol. The van der Waals surface area contributed by atoms with E-state index in [9.17, 15) is 18.0 Å². The summed E-state index contributed by atoms with van der Waals surface area (Å²) in [6, 6.07) is 2.27. The number of carbonyl (C=O) groups excluding carboxylic acids is 1. The standard InChI is InChI=1S/C22H25F3N8O2/c1-13-20(34)33-7-3-4-16-18(33)19(32(13)2)31-21(30-16)29-12-15(8-26)10-27-9-14-5-6-17(28-11-14)35-22(23,24)25/h5-6,8,10-11,13H,3-4,7,9,12,26H2,1-2H3,(H,29,30,31). The number of hydrogen-bond acceptors (Lipinski definition) is 9. The third-order valence-electron chi connectivity index (χ3n) is 5.76. The second-order valence-electron chi connectivity index (χ2n) is 8.16. The first kappa shape index (κ1) is 24.2. The van der Waals surface area contributed by atoms with Gasteiger partial charge in [0.15, 0.2) is 5.82 Å². The Balaban J connectivity index is 1.39. The zero-order valence-corrected chi connectivity index (χ0v) is 19.2. The van der Waals surface area contributed by atoms with E-state index in [1.807, 2.05) is 18.9 Å². The van der Waals surface area contributed by atoms with Gasteiger partial charge in [-0.2, -0.15) is 4.98 Å². The molecule has 0 radical (unpaired) electrons. The van der Waals surface area contributed by atoms with Gasteiger partial charge in [-0.05, 0) is 25.3 Å². The molecule has 3 N–H and O–H groups in total. The molecule has 0 bridgehead atoms. The number of aliphatic imine (C=N–C) groups is 1. The summed E-state index contributed by atoms with van der Waals surface area (Å²) in [6.45, 7) is 3.02. The molecule has 2 aliphatic rings. The number of hydrogen-bond donors (Lipinski definition) is 2. The SMILES string of the molecule is CC1C(=O)N2CCCc3nc(NCC(C=NCc4ccc(OC(F)(F)F)nc4)=CN)nc(c32)N1C. The summed E-state index contributed by atoms with van der Waals surface area (Å²) >= 11 is 0. The van der Waals surface area contributed by atoms with Gasteiger partial charge in [0.25, 0.3) is 0 Å². The first-order valence-corrected chi connectivity index (χ1v) is 11.0. The molecule has 0 saturated heterocycles. The van der Waals surface area contributed by atoms with Crippen molar-refractivity contribution in [3.05, 3.63) is 41.4 Å². The van der Waals surface area contributed by atoms with Gasteiger partial charge < -0.3 is 25.6 Å². The van der Waals surface area contributed by atoms with Gasteiger partial charge >= 0.3 is 6.36 Å². The molecule has 4 rings (SSSR count). The van der Waals surface area contributed by atoms with Gasteiger partial charge in [0.2, 0.25) is 17.7 Å². The van der Waals surface area contributed by atoms with Crippen molar-refractivity contribution in [3.8, 4) is 5.88 Å². The Labute approximate surface area is 199 Å². The van der Waals surface area contributed by atoms with E-state index < -0.39 is 12.2 Å². The highest BCUT2D eigenvalue weighted by Gasteiger charge is 2.38. The second kappa shape index (κ2) is 9.76. The van der Waals surface area contributed by atoms with Crippen LogP contribution in [-0.2, 0) is 17.8 Å². The van der Waals surface area contributed by atoms with Crippen LogP contribution in [0.1, 0.15) is 24.6 Å². The van der Waals surface area contributed by atoms with Crippen molar-refractivity contribution in [1.29, 1.82) is 0 Å². The van der Waals surface area contributed by atoms with Crippen molar-refractivity contribution in [3.63, 3.8) is 0 Å².